The van der Waals surface area contributed by atoms with E-state index in [9.17, 15) is 14.9 Å². The summed E-state index contributed by atoms with van der Waals surface area (Å²) in [6, 6.07) is 2.10. The number of rotatable bonds is 4. The Hall–Kier alpha value is -1.77. The first-order valence-corrected chi connectivity index (χ1v) is 6.00. The fraction of sp³-hybridized carbons (Fsp3) is 0.250. The normalized spacial score (nSPS) is 11.5. The van der Waals surface area contributed by atoms with Gasteiger partial charge >= 0.3 is 0 Å². The number of terminal acetylenes is 1. The van der Waals surface area contributed by atoms with Crippen LogP contribution in [0.25, 0.3) is 0 Å². The molecule has 7 heteroatoms. The third-order valence-corrected chi connectivity index (χ3v) is 3.06. The summed E-state index contributed by atoms with van der Waals surface area (Å²) in [6.07, 6.45) is 5.48. The van der Waals surface area contributed by atoms with Gasteiger partial charge in [0, 0.05) is 24.1 Å². The zero-order valence-corrected chi connectivity index (χ0v) is 11.5. The van der Waals surface area contributed by atoms with E-state index < -0.39 is 16.5 Å². The summed E-state index contributed by atoms with van der Waals surface area (Å²) in [6.45, 7) is 1.73. The number of nitro benzene ring substituents is 1. The molecule has 0 fully saturated rings. The number of carbonyl (C=O) groups excluding carboxylic acids is 1. The number of hydrogen-bond acceptors (Lipinski definition) is 3. The molecule has 1 aromatic carbocycles. The molecule has 0 saturated carbocycles. The highest BCUT2D eigenvalue weighted by molar-refractivity contribution is 6.43. The van der Waals surface area contributed by atoms with Gasteiger partial charge in [0.2, 0.25) is 0 Å². The van der Waals surface area contributed by atoms with Crippen molar-refractivity contribution in [3.8, 4) is 12.3 Å². The average Bonchev–Trinajstić information content (AvgIpc) is 2.32. The second-order valence-electron chi connectivity index (χ2n) is 3.83. The van der Waals surface area contributed by atoms with Crippen LogP contribution in [0.1, 0.15) is 23.7 Å². The Bertz CT molecular complexity index is 567. The summed E-state index contributed by atoms with van der Waals surface area (Å²) in [5.41, 5.74) is -0.353. The van der Waals surface area contributed by atoms with Gasteiger partial charge in [-0.15, -0.1) is 12.3 Å². The second kappa shape index (κ2) is 6.41. The van der Waals surface area contributed by atoms with Gasteiger partial charge in [-0.05, 0) is 13.0 Å². The molecule has 0 bridgehead atoms. The number of nitrogens with zero attached hydrogens (tertiary/aromatic N) is 1. The number of hydrogen-bond donors (Lipinski definition) is 1. The summed E-state index contributed by atoms with van der Waals surface area (Å²) >= 11 is 11.4. The zero-order valence-electron chi connectivity index (χ0n) is 9.94. The van der Waals surface area contributed by atoms with Crippen molar-refractivity contribution >= 4 is 34.8 Å². The van der Waals surface area contributed by atoms with Crippen LogP contribution in [0.5, 0.6) is 0 Å². The Morgan fingerprint density at radius 2 is 2.21 bits per heavy atom. The van der Waals surface area contributed by atoms with Crippen molar-refractivity contribution in [3.05, 3.63) is 37.9 Å². The maximum Gasteiger partial charge on any atom is 0.290 e. The van der Waals surface area contributed by atoms with Crippen LogP contribution in [0, 0.1) is 22.5 Å². The Morgan fingerprint density at radius 1 is 1.58 bits per heavy atom. The van der Waals surface area contributed by atoms with Crippen LogP contribution in [-0.2, 0) is 0 Å². The molecular weight excluding hydrogens is 291 g/mol. The molecule has 0 aromatic heterocycles. The van der Waals surface area contributed by atoms with E-state index in [1.165, 1.54) is 6.07 Å². The lowest BCUT2D eigenvalue weighted by molar-refractivity contribution is -0.384. The van der Waals surface area contributed by atoms with Crippen LogP contribution in [-0.4, -0.2) is 16.9 Å². The van der Waals surface area contributed by atoms with E-state index in [1.807, 2.05) is 0 Å². The molecule has 1 rings (SSSR count). The van der Waals surface area contributed by atoms with Crippen molar-refractivity contribution in [2.45, 2.75) is 19.4 Å². The molecule has 0 spiro atoms. The van der Waals surface area contributed by atoms with Crippen molar-refractivity contribution in [3.63, 3.8) is 0 Å². The highest BCUT2D eigenvalue weighted by Crippen LogP contribution is 2.33. The Kier molecular flexibility index (Phi) is 5.16. The van der Waals surface area contributed by atoms with Crippen molar-refractivity contribution < 1.29 is 9.72 Å². The Labute approximate surface area is 120 Å². The highest BCUT2D eigenvalue weighted by Gasteiger charge is 2.20. The SMILES string of the molecule is C#CCC(C)NC(=O)c1cc(Cl)c(Cl)c([N+](=O)[O-])c1. The molecule has 0 aliphatic heterocycles. The largest absolute Gasteiger partial charge is 0.349 e. The number of amides is 1. The minimum atomic E-state index is -0.699. The minimum absolute atomic E-state index is 0.0504. The van der Waals surface area contributed by atoms with Gasteiger partial charge in [0.05, 0.1) is 9.95 Å². The van der Waals surface area contributed by atoms with E-state index in [2.05, 4.69) is 11.2 Å². The molecule has 1 amide bonds. The van der Waals surface area contributed by atoms with Gasteiger partial charge in [0.15, 0.2) is 0 Å². The van der Waals surface area contributed by atoms with Crippen LogP contribution in [0.2, 0.25) is 10.0 Å². The fourth-order valence-electron chi connectivity index (χ4n) is 1.37. The number of benzene rings is 1. The Balaban J connectivity index is 3.05. The van der Waals surface area contributed by atoms with Gasteiger partial charge in [-0.25, -0.2) is 0 Å². The predicted octanol–water partition coefficient (Wildman–Crippen LogP) is 3.04. The number of nitrogens with one attached hydrogen (secondary N) is 1. The maximum absolute atomic E-state index is 11.9. The van der Waals surface area contributed by atoms with Crippen molar-refractivity contribution in [2.24, 2.45) is 0 Å². The van der Waals surface area contributed by atoms with Gasteiger partial charge < -0.3 is 5.32 Å². The van der Waals surface area contributed by atoms with E-state index >= 15 is 0 Å². The second-order valence-corrected chi connectivity index (χ2v) is 4.62. The zero-order chi connectivity index (χ0) is 14.6. The maximum atomic E-state index is 11.9. The summed E-state index contributed by atoms with van der Waals surface area (Å²) in [5.74, 6) is 1.91. The van der Waals surface area contributed by atoms with E-state index in [0.717, 1.165) is 6.07 Å². The van der Waals surface area contributed by atoms with Crippen LogP contribution >= 0.6 is 23.2 Å². The summed E-state index contributed by atoms with van der Waals surface area (Å²) in [5, 5.41) is 13.1. The first-order valence-electron chi connectivity index (χ1n) is 5.24. The number of nitro groups is 1. The first kappa shape index (κ1) is 15.3. The molecule has 19 heavy (non-hydrogen) atoms. The quantitative estimate of drug-likeness (QED) is 0.528. The van der Waals surface area contributed by atoms with E-state index in [-0.39, 0.29) is 21.7 Å². The van der Waals surface area contributed by atoms with E-state index in [0.29, 0.717) is 6.42 Å². The van der Waals surface area contributed by atoms with Crippen LogP contribution in [0.4, 0.5) is 5.69 Å². The van der Waals surface area contributed by atoms with Crippen LogP contribution < -0.4 is 5.32 Å². The standard InChI is InChI=1S/C12H10Cl2N2O3/c1-3-4-7(2)15-12(17)8-5-9(13)11(14)10(6-8)16(18)19/h1,5-7H,4H2,2H3,(H,15,17). The molecule has 5 nitrogen and oxygen atoms in total. The molecule has 1 N–H and O–H groups in total. The van der Waals surface area contributed by atoms with Crippen LogP contribution in [0.15, 0.2) is 12.1 Å². The van der Waals surface area contributed by atoms with Crippen LogP contribution in [0.3, 0.4) is 0 Å². The molecule has 1 aromatic rings. The van der Waals surface area contributed by atoms with Crippen molar-refractivity contribution in [1.82, 2.24) is 5.32 Å². The first-order chi connectivity index (χ1) is 8.86. The van der Waals surface area contributed by atoms with Crippen molar-refractivity contribution in [2.75, 3.05) is 0 Å². The van der Waals surface area contributed by atoms with Gasteiger partial charge in [-0.2, -0.15) is 0 Å². The topological polar surface area (TPSA) is 72.2 Å². The summed E-state index contributed by atoms with van der Waals surface area (Å²) in [4.78, 5) is 21.9. The highest BCUT2D eigenvalue weighted by atomic mass is 35.5. The monoisotopic (exact) mass is 300 g/mol. The third-order valence-electron chi connectivity index (χ3n) is 2.27. The van der Waals surface area contributed by atoms with Gasteiger partial charge in [0.25, 0.3) is 11.6 Å². The summed E-state index contributed by atoms with van der Waals surface area (Å²) in [7, 11) is 0. The molecule has 1 atom stereocenters. The molecule has 0 heterocycles. The van der Waals surface area contributed by atoms with E-state index in [1.54, 1.807) is 6.92 Å². The van der Waals surface area contributed by atoms with Gasteiger partial charge in [-0.3, -0.25) is 14.9 Å². The lowest BCUT2D eigenvalue weighted by Crippen LogP contribution is -2.32. The Morgan fingerprint density at radius 3 is 2.74 bits per heavy atom. The molecule has 0 aliphatic carbocycles. The molecule has 0 radical (unpaired) electrons. The minimum Gasteiger partial charge on any atom is -0.349 e. The van der Waals surface area contributed by atoms with Crippen molar-refractivity contribution in [1.29, 1.82) is 0 Å². The molecule has 0 saturated heterocycles. The number of carbonyl (C=O) groups is 1. The molecule has 100 valence electrons. The number of halogens is 2. The lowest BCUT2D eigenvalue weighted by Gasteiger charge is -2.11. The summed E-state index contributed by atoms with van der Waals surface area (Å²) < 4.78 is 0. The fourth-order valence-corrected chi connectivity index (χ4v) is 1.77. The van der Waals surface area contributed by atoms with Gasteiger partial charge in [0.1, 0.15) is 5.02 Å². The van der Waals surface area contributed by atoms with E-state index in [4.69, 9.17) is 29.6 Å². The van der Waals surface area contributed by atoms with Gasteiger partial charge in [-0.1, -0.05) is 23.2 Å². The third kappa shape index (κ3) is 3.85. The smallest absolute Gasteiger partial charge is 0.290 e. The molecule has 1 unspecified atom stereocenters. The predicted molar refractivity (Wildman–Crippen MR) is 73.5 cm³/mol. The average molecular weight is 301 g/mol. The molecular formula is C12H10Cl2N2O3. The molecule has 0 aliphatic rings. The lowest BCUT2D eigenvalue weighted by atomic mass is 10.1.